The summed E-state index contributed by atoms with van der Waals surface area (Å²) in [6.45, 7) is 2.24. The molecule has 0 aliphatic heterocycles. The molecule has 0 spiro atoms. The van der Waals surface area contributed by atoms with Gasteiger partial charge in [0.1, 0.15) is 0 Å². The van der Waals surface area contributed by atoms with E-state index >= 15 is 0 Å². The molecule has 0 rings (SSSR count). The number of alkyl halides is 1. The average molecular weight is 315 g/mol. The van der Waals surface area contributed by atoms with Crippen LogP contribution in [-0.2, 0) is 0 Å². The molecule has 0 saturated carbocycles. The van der Waals surface area contributed by atoms with Crippen LogP contribution < -0.4 is 0 Å². The second-order valence-corrected chi connectivity index (χ2v) is 5.71. The van der Waals surface area contributed by atoms with E-state index in [1.165, 1.54) is 69.5 Å². The van der Waals surface area contributed by atoms with Gasteiger partial charge in [-0.2, -0.15) is 0 Å². The van der Waals surface area contributed by atoms with E-state index in [4.69, 9.17) is 0 Å². The fourth-order valence-corrected chi connectivity index (χ4v) is 2.29. The van der Waals surface area contributed by atoms with Crippen LogP contribution in [0.5, 0.6) is 0 Å². The number of allylic oxidation sites excluding steroid dienone is 4. The number of hydrogen-bond donors (Lipinski definition) is 0. The molecule has 0 atom stereocenters. The zero-order chi connectivity index (χ0) is 13.3. The van der Waals surface area contributed by atoms with Crippen molar-refractivity contribution in [1.82, 2.24) is 0 Å². The first-order chi connectivity index (χ1) is 8.91. The SMILES string of the molecule is CCCCC=CCC=CCCCCCCCCBr. The van der Waals surface area contributed by atoms with Crippen molar-refractivity contribution < 1.29 is 0 Å². The molecule has 0 bridgehead atoms. The quantitative estimate of drug-likeness (QED) is 0.199. The Labute approximate surface area is 123 Å². The minimum atomic E-state index is 1.12. The van der Waals surface area contributed by atoms with E-state index in [9.17, 15) is 0 Å². The summed E-state index contributed by atoms with van der Waals surface area (Å²) in [5.74, 6) is 0. The van der Waals surface area contributed by atoms with Crippen LogP contribution in [0.15, 0.2) is 24.3 Å². The highest BCUT2D eigenvalue weighted by Gasteiger charge is 1.89. The van der Waals surface area contributed by atoms with Gasteiger partial charge in [-0.05, 0) is 32.1 Å². The van der Waals surface area contributed by atoms with Gasteiger partial charge in [-0.1, -0.05) is 85.7 Å². The van der Waals surface area contributed by atoms with Crippen LogP contribution in [0, 0.1) is 0 Å². The molecule has 106 valence electrons. The predicted molar refractivity (Wildman–Crippen MR) is 88.5 cm³/mol. The maximum atomic E-state index is 3.47. The van der Waals surface area contributed by atoms with Gasteiger partial charge in [0, 0.05) is 5.33 Å². The Hall–Kier alpha value is -0.0400. The molecule has 0 fully saturated rings. The highest BCUT2D eigenvalue weighted by molar-refractivity contribution is 9.09. The lowest BCUT2D eigenvalue weighted by molar-refractivity contribution is 0.613. The summed E-state index contributed by atoms with van der Waals surface area (Å²) in [7, 11) is 0. The van der Waals surface area contributed by atoms with Gasteiger partial charge >= 0.3 is 0 Å². The first-order valence-electron chi connectivity index (χ1n) is 7.77. The predicted octanol–water partition coefficient (Wildman–Crippen LogP) is 6.80. The van der Waals surface area contributed by atoms with Crippen molar-refractivity contribution in [3.8, 4) is 0 Å². The van der Waals surface area contributed by atoms with Crippen molar-refractivity contribution in [3.63, 3.8) is 0 Å². The Morgan fingerprint density at radius 1 is 0.667 bits per heavy atom. The van der Waals surface area contributed by atoms with Crippen molar-refractivity contribution in [3.05, 3.63) is 24.3 Å². The van der Waals surface area contributed by atoms with Crippen molar-refractivity contribution in [1.29, 1.82) is 0 Å². The number of halogens is 1. The molecule has 0 amide bonds. The van der Waals surface area contributed by atoms with Crippen molar-refractivity contribution in [2.75, 3.05) is 5.33 Å². The fourth-order valence-electron chi connectivity index (χ4n) is 1.89. The highest BCUT2D eigenvalue weighted by Crippen LogP contribution is 2.08. The normalized spacial score (nSPS) is 11.9. The lowest BCUT2D eigenvalue weighted by Gasteiger charge is -1.98. The first kappa shape index (κ1) is 18.0. The molecule has 0 unspecified atom stereocenters. The third-order valence-corrected chi connectivity index (χ3v) is 3.64. The molecule has 0 N–H and O–H groups in total. The Balaban J connectivity index is 3.11. The molecule has 0 radical (unpaired) electrons. The van der Waals surface area contributed by atoms with Gasteiger partial charge in [-0.25, -0.2) is 0 Å². The molecule has 0 saturated heterocycles. The van der Waals surface area contributed by atoms with E-state index in [1.54, 1.807) is 0 Å². The van der Waals surface area contributed by atoms with Crippen molar-refractivity contribution >= 4 is 15.9 Å². The van der Waals surface area contributed by atoms with Gasteiger partial charge in [0.05, 0.1) is 0 Å². The molecule has 18 heavy (non-hydrogen) atoms. The van der Waals surface area contributed by atoms with E-state index in [1.807, 2.05) is 0 Å². The van der Waals surface area contributed by atoms with E-state index in [0.29, 0.717) is 0 Å². The minimum Gasteiger partial charge on any atom is -0.0928 e. The summed E-state index contributed by atoms with van der Waals surface area (Å²) < 4.78 is 0. The largest absolute Gasteiger partial charge is 0.0928 e. The Kier molecular flexibility index (Phi) is 16.9. The van der Waals surface area contributed by atoms with E-state index < -0.39 is 0 Å². The standard InChI is InChI=1S/C17H31Br/c1-2-3-4-5-6-7-8-9-10-11-12-13-14-15-16-17-18/h5-6,8-9H,2-4,7,10-17H2,1H3. The van der Waals surface area contributed by atoms with Crippen molar-refractivity contribution in [2.45, 2.75) is 77.6 Å². The lowest BCUT2D eigenvalue weighted by Crippen LogP contribution is -1.80. The van der Waals surface area contributed by atoms with Crippen LogP contribution in [0.25, 0.3) is 0 Å². The van der Waals surface area contributed by atoms with Crippen LogP contribution in [0.4, 0.5) is 0 Å². The van der Waals surface area contributed by atoms with Crippen LogP contribution in [0.3, 0.4) is 0 Å². The van der Waals surface area contributed by atoms with Gasteiger partial charge in [-0.15, -0.1) is 0 Å². The van der Waals surface area contributed by atoms with Gasteiger partial charge in [0.15, 0.2) is 0 Å². The molecule has 1 heteroatoms. The maximum absolute atomic E-state index is 3.47. The highest BCUT2D eigenvalue weighted by atomic mass is 79.9. The molecule has 0 aromatic rings. The number of rotatable bonds is 13. The summed E-state index contributed by atoms with van der Waals surface area (Å²) in [5.41, 5.74) is 0. The average Bonchev–Trinajstić information content (AvgIpc) is 2.39. The van der Waals surface area contributed by atoms with Gasteiger partial charge in [-0.3, -0.25) is 0 Å². The van der Waals surface area contributed by atoms with E-state index in [2.05, 4.69) is 47.2 Å². The molecule has 0 aromatic carbocycles. The van der Waals surface area contributed by atoms with Crippen LogP contribution in [0.2, 0.25) is 0 Å². The lowest BCUT2D eigenvalue weighted by atomic mass is 10.1. The molecule has 0 aliphatic rings. The third kappa shape index (κ3) is 16.0. The van der Waals surface area contributed by atoms with Gasteiger partial charge in [0.25, 0.3) is 0 Å². The zero-order valence-corrected chi connectivity index (χ0v) is 13.8. The second kappa shape index (κ2) is 17.0. The fraction of sp³-hybridized carbons (Fsp3) is 0.765. The Bertz CT molecular complexity index is 194. The molecule has 0 aromatic heterocycles. The van der Waals surface area contributed by atoms with Crippen molar-refractivity contribution in [2.24, 2.45) is 0 Å². The minimum absolute atomic E-state index is 1.12. The molecular formula is C17H31Br. The van der Waals surface area contributed by atoms with Gasteiger partial charge < -0.3 is 0 Å². The zero-order valence-electron chi connectivity index (χ0n) is 12.2. The molecule has 0 heterocycles. The topological polar surface area (TPSA) is 0 Å². The van der Waals surface area contributed by atoms with Gasteiger partial charge in [0.2, 0.25) is 0 Å². The third-order valence-electron chi connectivity index (χ3n) is 3.08. The smallest absolute Gasteiger partial charge is 0.00313 e. The van der Waals surface area contributed by atoms with E-state index in [0.717, 1.165) is 6.42 Å². The molecule has 0 aliphatic carbocycles. The number of unbranched alkanes of at least 4 members (excludes halogenated alkanes) is 8. The summed E-state index contributed by atoms with van der Waals surface area (Å²) in [4.78, 5) is 0. The number of hydrogen-bond acceptors (Lipinski definition) is 0. The maximum Gasteiger partial charge on any atom is 0.00313 e. The summed E-state index contributed by atoms with van der Waals surface area (Å²) >= 11 is 3.47. The summed E-state index contributed by atoms with van der Waals surface area (Å²) in [5, 5.41) is 1.17. The van der Waals surface area contributed by atoms with Crippen LogP contribution >= 0.6 is 15.9 Å². The molecule has 0 nitrogen and oxygen atoms in total. The summed E-state index contributed by atoms with van der Waals surface area (Å²) in [6.07, 6.45) is 23.9. The Morgan fingerprint density at radius 2 is 1.22 bits per heavy atom. The summed E-state index contributed by atoms with van der Waals surface area (Å²) in [6, 6.07) is 0. The Morgan fingerprint density at radius 3 is 1.83 bits per heavy atom. The second-order valence-electron chi connectivity index (χ2n) is 4.92. The first-order valence-corrected chi connectivity index (χ1v) is 8.90. The van der Waals surface area contributed by atoms with E-state index in [-0.39, 0.29) is 0 Å². The molecular weight excluding hydrogens is 284 g/mol. The monoisotopic (exact) mass is 314 g/mol. The van der Waals surface area contributed by atoms with Crippen LogP contribution in [0.1, 0.15) is 77.6 Å². The van der Waals surface area contributed by atoms with Crippen LogP contribution in [-0.4, -0.2) is 5.33 Å².